The second kappa shape index (κ2) is 10.1. The minimum absolute atomic E-state index is 0.223. The van der Waals surface area contributed by atoms with Crippen LogP contribution in [-0.4, -0.2) is 62.9 Å². The molecule has 2 unspecified atom stereocenters. The molecule has 0 bridgehead atoms. The Balaban J connectivity index is 1.50. The molecule has 0 aromatic heterocycles. The van der Waals surface area contributed by atoms with Crippen LogP contribution in [0.5, 0.6) is 5.75 Å². The molecule has 2 fully saturated rings. The van der Waals surface area contributed by atoms with Gasteiger partial charge in [-0.3, -0.25) is 9.89 Å². The molecule has 2 atom stereocenters. The second-order valence-electron chi connectivity index (χ2n) is 8.11. The molecule has 6 nitrogen and oxygen atoms in total. The lowest BCUT2D eigenvalue weighted by Gasteiger charge is -2.25. The number of ether oxygens (including phenoxy) is 2. The van der Waals surface area contributed by atoms with Gasteiger partial charge in [0.25, 0.3) is 0 Å². The van der Waals surface area contributed by atoms with E-state index in [9.17, 15) is 0 Å². The van der Waals surface area contributed by atoms with Gasteiger partial charge in [-0.2, -0.15) is 0 Å². The zero-order valence-electron chi connectivity index (χ0n) is 17.8. The smallest absolute Gasteiger partial charge is 0.191 e. The third kappa shape index (κ3) is 6.11. The molecule has 1 heterocycles. The van der Waals surface area contributed by atoms with E-state index < -0.39 is 0 Å². The van der Waals surface area contributed by atoms with E-state index >= 15 is 0 Å². The van der Waals surface area contributed by atoms with Gasteiger partial charge in [-0.1, -0.05) is 12.1 Å². The number of aryl methyl sites for hydroxylation is 1. The molecule has 1 saturated carbocycles. The van der Waals surface area contributed by atoms with Crippen LogP contribution >= 0.6 is 0 Å². The van der Waals surface area contributed by atoms with Crippen LogP contribution in [0.3, 0.4) is 0 Å². The molecule has 0 spiro atoms. The second-order valence-corrected chi connectivity index (χ2v) is 8.11. The SMILES string of the molecule is CN=C(NCc1ccc(C)cc1OCC1CCCO1)NCC(C)N(C)C1CC1. The maximum atomic E-state index is 6.10. The van der Waals surface area contributed by atoms with E-state index in [1.807, 2.05) is 7.05 Å². The molecule has 3 rings (SSSR count). The first kappa shape index (κ1) is 20.9. The van der Waals surface area contributed by atoms with Gasteiger partial charge in [-0.05, 0) is 58.2 Å². The standard InChI is InChI=1S/C22H36N4O2/c1-16-7-8-18(21(12-16)28-15-20-6-5-11-27-20)14-25-22(23-3)24-13-17(2)26(4)19-9-10-19/h7-8,12,17,19-20H,5-6,9-11,13-15H2,1-4H3,(H2,23,24,25). The third-order valence-electron chi connectivity index (χ3n) is 5.72. The molecule has 2 aliphatic rings. The van der Waals surface area contributed by atoms with E-state index in [0.29, 0.717) is 19.2 Å². The Kier molecular flexibility index (Phi) is 7.57. The van der Waals surface area contributed by atoms with Crippen molar-refractivity contribution < 1.29 is 9.47 Å². The van der Waals surface area contributed by atoms with Crippen molar-refractivity contribution in [3.8, 4) is 5.75 Å². The van der Waals surface area contributed by atoms with Crippen molar-refractivity contribution in [3.63, 3.8) is 0 Å². The Hall–Kier alpha value is -1.79. The summed E-state index contributed by atoms with van der Waals surface area (Å²) in [5.41, 5.74) is 2.33. The molecule has 156 valence electrons. The quantitative estimate of drug-likeness (QED) is 0.503. The first-order valence-electron chi connectivity index (χ1n) is 10.6. The highest BCUT2D eigenvalue weighted by atomic mass is 16.5. The number of aliphatic imine (C=N–C) groups is 1. The molecule has 2 N–H and O–H groups in total. The van der Waals surface area contributed by atoms with Gasteiger partial charge in [-0.15, -0.1) is 0 Å². The van der Waals surface area contributed by atoms with Gasteiger partial charge in [0.2, 0.25) is 0 Å². The summed E-state index contributed by atoms with van der Waals surface area (Å²) >= 11 is 0. The van der Waals surface area contributed by atoms with E-state index in [1.54, 1.807) is 0 Å². The number of nitrogens with zero attached hydrogens (tertiary/aromatic N) is 2. The fourth-order valence-electron chi connectivity index (χ4n) is 3.53. The predicted molar refractivity (Wildman–Crippen MR) is 114 cm³/mol. The summed E-state index contributed by atoms with van der Waals surface area (Å²) in [6.45, 7) is 7.38. The molecule has 1 aromatic rings. The van der Waals surface area contributed by atoms with Crippen molar-refractivity contribution in [2.75, 3.05) is 33.9 Å². The minimum Gasteiger partial charge on any atom is -0.491 e. The third-order valence-corrected chi connectivity index (χ3v) is 5.72. The van der Waals surface area contributed by atoms with Gasteiger partial charge < -0.3 is 20.1 Å². The minimum atomic E-state index is 0.223. The van der Waals surface area contributed by atoms with Crippen LogP contribution in [0.15, 0.2) is 23.2 Å². The van der Waals surface area contributed by atoms with Crippen molar-refractivity contribution in [2.24, 2.45) is 4.99 Å². The van der Waals surface area contributed by atoms with Gasteiger partial charge >= 0.3 is 0 Å². The number of rotatable bonds is 9. The summed E-state index contributed by atoms with van der Waals surface area (Å²) in [6, 6.07) is 7.61. The van der Waals surface area contributed by atoms with E-state index in [4.69, 9.17) is 9.47 Å². The van der Waals surface area contributed by atoms with Gasteiger partial charge in [0, 0.05) is 44.4 Å². The zero-order chi connectivity index (χ0) is 19.9. The Labute approximate surface area is 169 Å². The van der Waals surface area contributed by atoms with E-state index in [-0.39, 0.29) is 6.10 Å². The molecule has 6 heteroatoms. The Morgan fingerprint density at radius 3 is 2.82 bits per heavy atom. The number of guanidine groups is 1. The lowest BCUT2D eigenvalue weighted by molar-refractivity contribution is 0.0676. The first-order chi connectivity index (χ1) is 13.6. The molecule has 1 aliphatic heterocycles. The fourth-order valence-corrected chi connectivity index (χ4v) is 3.53. The largest absolute Gasteiger partial charge is 0.491 e. The van der Waals surface area contributed by atoms with Crippen LogP contribution in [0.4, 0.5) is 0 Å². The summed E-state index contributed by atoms with van der Waals surface area (Å²) in [6.07, 6.45) is 5.10. The van der Waals surface area contributed by atoms with Crippen LogP contribution in [0.25, 0.3) is 0 Å². The van der Waals surface area contributed by atoms with Gasteiger partial charge in [0.1, 0.15) is 12.4 Å². The van der Waals surface area contributed by atoms with Crippen LogP contribution in [0.1, 0.15) is 43.7 Å². The topological polar surface area (TPSA) is 58.1 Å². The molecule has 28 heavy (non-hydrogen) atoms. The van der Waals surface area contributed by atoms with Crippen LogP contribution in [-0.2, 0) is 11.3 Å². The van der Waals surface area contributed by atoms with E-state index in [0.717, 1.165) is 49.3 Å². The van der Waals surface area contributed by atoms with Crippen LogP contribution in [0.2, 0.25) is 0 Å². The Morgan fingerprint density at radius 1 is 1.32 bits per heavy atom. The Bertz CT molecular complexity index is 654. The highest BCUT2D eigenvalue weighted by Gasteiger charge is 2.29. The number of hydrogen-bond donors (Lipinski definition) is 2. The highest BCUT2D eigenvalue weighted by Crippen LogP contribution is 2.26. The van der Waals surface area contributed by atoms with Crippen molar-refractivity contribution >= 4 is 5.96 Å². The van der Waals surface area contributed by atoms with Gasteiger partial charge in [-0.25, -0.2) is 0 Å². The summed E-state index contributed by atoms with van der Waals surface area (Å²) in [5, 5.41) is 6.87. The molecule has 1 saturated heterocycles. The average Bonchev–Trinajstić information content (AvgIpc) is 3.42. The maximum absolute atomic E-state index is 6.10. The van der Waals surface area contributed by atoms with Crippen molar-refractivity contribution in [1.29, 1.82) is 0 Å². The lowest BCUT2D eigenvalue weighted by atomic mass is 10.1. The van der Waals surface area contributed by atoms with Gasteiger partial charge in [0.15, 0.2) is 5.96 Å². The lowest BCUT2D eigenvalue weighted by Crippen LogP contribution is -2.45. The van der Waals surface area contributed by atoms with Crippen LogP contribution < -0.4 is 15.4 Å². The average molecular weight is 389 g/mol. The van der Waals surface area contributed by atoms with Crippen molar-refractivity contribution in [1.82, 2.24) is 15.5 Å². The monoisotopic (exact) mass is 388 g/mol. The van der Waals surface area contributed by atoms with Crippen molar-refractivity contribution in [2.45, 2.75) is 64.3 Å². The molecular formula is C22H36N4O2. The molecule has 0 radical (unpaired) electrons. The highest BCUT2D eigenvalue weighted by molar-refractivity contribution is 5.79. The zero-order valence-corrected chi connectivity index (χ0v) is 17.8. The van der Waals surface area contributed by atoms with E-state index in [2.05, 4.69) is 59.6 Å². The molecule has 1 aliphatic carbocycles. The van der Waals surface area contributed by atoms with Gasteiger partial charge in [0.05, 0.1) is 6.10 Å². The van der Waals surface area contributed by atoms with Crippen molar-refractivity contribution in [3.05, 3.63) is 29.3 Å². The van der Waals surface area contributed by atoms with Crippen LogP contribution in [0, 0.1) is 6.92 Å². The number of hydrogen-bond acceptors (Lipinski definition) is 4. The normalized spacial score (nSPS) is 21.0. The maximum Gasteiger partial charge on any atom is 0.191 e. The fraction of sp³-hybridized carbons (Fsp3) is 0.682. The first-order valence-corrected chi connectivity index (χ1v) is 10.6. The molecule has 0 amide bonds. The molecule has 1 aromatic carbocycles. The van der Waals surface area contributed by atoms with E-state index in [1.165, 1.54) is 18.4 Å². The summed E-state index contributed by atoms with van der Waals surface area (Å²) < 4.78 is 11.8. The number of likely N-dealkylation sites (N-methyl/N-ethyl adjacent to an activating group) is 1. The summed E-state index contributed by atoms with van der Waals surface area (Å²) in [7, 11) is 4.03. The summed E-state index contributed by atoms with van der Waals surface area (Å²) in [4.78, 5) is 6.82. The predicted octanol–water partition coefficient (Wildman–Crippen LogP) is 2.70. The molecular weight excluding hydrogens is 352 g/mol. The Morgan fingerprint density at radius 2 is 2.14 bits per heavy atom. The number of benzene rings is 1. The summed E-state index contributed by atoms with van der Waals surface area (Å²) in [5.74, 6) is 1.75. The number of nitrogens with one attached hydrogen (secondary N) is 2.